The number of nitrogens with one attached hydrogen (secondary N) is 1. The Hall–Kier alpha value is -2.37. The SMILES string of the molecule is CC1OCCC(NC(=O)OCC2c3ccccc3-c3ccccc32)C1O. The number of aliphatic hydroxyl groups excluding tert-OH is 1. The molecule has 0 radical (unpaired) electrons. The van der Waals surface area contributed by atoms with Crippen molar-refractivity contribution in [1.29, 1.82) is 0 Å². The zero-order valence-corrected chi connectivity index (χ0v) is 14.7. The largest absolute Gasteiger partial charge is 0.449 e. The maximum absolute atomic E-state index is 12.3. The molecule has 1 fully saturated rings. The monoisotopic (exact) mass is 353 g/mol. The number of carbonyl (C=O) groups is 1. The van der Waals surface area contributed by atoms with Crippen molar-refractivity contribution in [1.82, 2.24) is 5.32 Å². The molecule has 0 spiro atoms. The second kappa shape index (κ2) is 7.09. The minimum absolute atomic E-state index is 0.0340. The van der Waals surface area contributed by atoms with E-state index in [2.05, 4.69) is 29.6 Å². The number of aliphatic hydroxyl groups is 1. The van der Waals surface area contributed by atoms with Gasteiger partial charge in [0.05, 0.1) is 12.1 Å². The number of rotatable bonds is 3. The minimum Gasteiger partial charge on any atom is -0.449 e. The van der Waals surface area contributed by atoms with Crippen LogP contribution in [-0.4, -0.2) is 42.7 Å². The van der Waals surface area contributed by atoms with Gasteiger partial charge in [-0.3, -0.25) is 0 Å². The number of benzene rings is 2. The maximum atomic E-state index is 12.3. The molecule has 4 rings (SSSR count). The van der Waals surface area contributed by atoms with Crippen molar-refractivity contribution in [2.75, 3.05) is 13.2 Å². The Balaban J connectivity index is 1.44. The van der Waals surface area contributed by atoms with Crippen LogP contribution in [-0.2, 0) is 9.47 Å². The summed E-state index contributed by atoms with van der Waals surface area (Å²) in [6.45, 7) is 2.59. The zero-order valence-electron chi connectivity index (χ0n) is 14.7. The highest BCUT2D eigenvalue weighted by atomic mass is 16.5. The van der Waals surface area contributed by atoms with Gasteiger partial charge in [-0.15, -0.1) is 0 Å². The highest BCUT2D eigenvalue weighted by Crippen LogP contribution is 2.44. The molecule has 3 atom stereocenters. The van der Waals surface area contributed by atoms with Crippen molar-refractivity contribution in [2.45, 2.75) is 37.5 Å². The summed E-state index contributed by atoms with van der Waals surface area (Å²) in [5, 5.41) is 12.9. The van der Waals surface area contributed by atoms with Gasteiger partial charge in [0.25, 0.3) is 0 Å². The molecule has 1 heterocycles. The van der Waals surface area contributed by atoms with Gasteiger partial charge in [-0.1, -0.05) is 48.5 Å². The molecule has 0 aromatic heterocycles. The van der Waals surface area contributed by atoms with Gasteiger partial charge in [0, 0.05) is 12.5 Å². The second-order valence-corrected chi connectivity index (χ2v) is 6.93. The van der Waals surface area contributed by atoms with Crippen LogP contribution in [0.2, 0.25) is 0 Å². The lowest BCUT2D eigenvalue weighted by atomic mass is 9.98. The Morgan fingerprint density at radius 1 is 1.15 bits per heavy atom. The lowest BCUT2D eigenvalue weighted by molar-refractivity contribution is -0.0803. The van der Waals surface area contributed by atoms with E-state index in [1.165, 1.54) is 22.3 Å². The number of ether oxygens (including phenoxy) is 2. The number of hydrogen-bond donors (Lipinski definition) is 2. The van der Waals surface area contributed by atoms with Gasteiger partial charge >= 0.3 is 6.09 Å². The van der Waals surface area contributed by atoms with Crippen molar-refractivity contribution in [2.24, 2.45) is 0 Å². The quantitative estimate of drug-likeness (QED) is 0.890. The molecule has 2 aromatic rings. The van der Waals surface area contributed by atoms with Gasteiger partial charge in [0.2, 0.25) is 0 Å². The first-order valence-corrected chi connectivity index (χ1v) is 9.06. The van der Waals surface area contributed by atoms with E-state index in [0.29, 0.717) is 13.0 Å². The topological polar surface area (TPSA) is 67.8 Å². The number of carbonyl (C=O) groups excluding carboxylic acids is 1. The molecule has 1 saturated heterocycles. The first-order chi connectivity index (χ1) is 12.6. The summed E-state index contributed by atoms with van der Waals surface area (Å²) in [5.74, 6) is 0.0340. The Labute approximate surface area is 152 Å². The first kappa shape index (κ1) is 17.1. The number of fused-ring (bicyclic) bond motifs is 3. The van der Waals surface area contributed by atoms with Gasteiger partial charge in [0.1, 0.15) is 12.7 Å². The fraction of sp³-hybridized carbons (Fsp3) is 0.381. The van der Waals surface area contributed by atoms with Gasteiger partial charge in [-0.05, 0) is 35.6 Å². The predicted molar refractivity (Wildman–Crippen MR) is 98.0 cm³/mol. The number of alkyl carbamates (subject to hydrolysis) is 1. The molecule has 0 bridgehead atoms. The van der Waals surface area contributed by atoms with Crippen molar-refractivity contribution in [3.63, 3.8) is 0 Å². The zero-order chi connectivity index (χ0) is 18.1. The molecule has 2 N–H and O–H groups in total. The third-order valence-electron chi connectivity index (χ3n) is 5.35. The summed E-state index contributed by atoms with van der Waals surface area (Å²) >= 11 is 0. The molecular formula is C21H23NO4. The molecule has 136 valence electrons. The van der Waals surface area contributed by atoms with E-state index in [9.17, 15) is 9.90 Å². The third-order valence-corrected chi connectivity index (χ3v) is 5.35. The number of amides is 1. The molecule has 2 aromatic carbocycles. The maximum Gasteiger partial charge on any atom is 0.407 e. The highest BCUT2D eigenvalue weighted by Gasteiger charge is 2.32. The summed E-state index contributed by atoms with van der Waals surface area (Å²) in [5.41, 5.74) is 4.76. The molecule has 5 nitrogen and oxygen atoms in total. The van der Waals surface area contributed by atoms with Crippen LogP contribution in [0.25, 0.3) is 11.1 Å². The van der Waals surface area contributed by atoms with Crippen LogP contribution in [0.15, 0.2) is 48.5 Å². The summed E-state index contributed by atoms with van der Waals surface area (Å²) in [6, 6.07) is 16.1. The molecular weight excluding hydrogens is 330 g/mol. The minimum atomic E-state index is -0.718. The van der Waals surface area contributed by atoms with Crippen LogP contribution >= 0.6 is 0 Å². The average Bonchev–Trinajstić information content (AvgIpc) is 2.98. The van der Waals surface area contributed by atoms with Gasteiger partial charge in [-0.25, -0.2) is 4.79 Å². The average molecular weight is 353 g/mol. The van der Waals surface area contributed by atoms with E-state index in [-0.39, 0.29) is 24.7 Å². The smallest absolute Gasteiger partial charge is 0.407 e. The molecule has 26 heavy (non-hydrogen) atoms. The predicted octanol–water partition coefficient (Wildman–Crippen LogP) is 3.06. The molecule has 1 amide bonds. The van der Waals surface area contributed by atoms with Crippen molar-refractivity contribution in [3.8, 4) is 11.1 Å². The Bertz CT molecular complexity index is 761. The molecule has 2 aliphatic rings. The standard InChI is InChI=1S/C21H23NO4/c1-13-20(23)19(10-11-25-13)22-21(24)26-12-18-16-8-4-2-6-14(16)15-7-3-5-9-17(15)18/h2-9,13,18-20,23H,10-12H2,1H3,(H,22,24). The molecule has 5 heteroatoms. The van der Waals surface area contributed by atoms with E-state index in [4.69, 9.17) is 9.47 Å². The fourth-order valence-electron chi connectivity index (χ4n) is 3.93. The van der Waals surface area contributed by atoms with Crippen LogP contribution < -0.4 is 5.32 Å². The Kier molecular flexibility index (Phi) is 4.66. The lowest BCUT2D eigenvalue weighted by Gasteiger charge is -2.33. The van der Waals surface area contributed by atoms with Gasteiger partial charge in [-0.2, -0.15) is 0 Å². The van der Waals surface area contributed by atoms with Crippen molar-refractivity contribution >= 4 is 6.09 Å². The van der Waals surface area contributed by atoms with Gasteiger partial charge < -0.3 is 19.9 Å². The van der Waals surface area contributed by atoms with Crippen molar-refractivity contribution in [3.05, 3.63) is 59.7 Å². The van der Waals surface area contributed by atoms with Crippen molar-refractivity contribution < 1.29 is 19.4 Å². The van der Waals surface area contributed by atoms with Crippen LogP contribution in [0.1, 0.15) is 30.4 Å². The van der Waals surface area contributed by atoms with E-state index >= 15 is 0 Å². The summed E-state index contributed by atoms with van der Waals surface area (Å²) in [7, 11) is 0. The first-order valence-electron chi connectivity index (χ1n) is 9.06. The van der Waals surface area contributed by atoms with E-state index in [1.54, 1.807) is 6.92 Å². The highest BCUT2D eigenvalue weighted by molar-refractivity contribution is 5.79. The number of hydrogen-bond acceptors (Lipinski definition) is 4. The van der Waals surface area contributed by atoms with Crippen LogP contribution in [0.3, 0.4) is 0 Å². The van der Waals surface area contributed by atoms with E-state index < -0.39 is 12.2 Å². The van der Waals surface area contributed by atoms with Crippen LogP contribution in [0.4, 0.5) is 4.79 Å². The molecule has 0 saturated carbocycles. The van der Waals surface area contributed by atoms with E-state index in [0.717, 1.165) is 0 Å². The Morgan fingerprint density at radius 3 is 2.42 bits per heavy atom. The third kappa shape index (κ3) is 3.08. The molecule has 1 aliphatic carbocycles. The van der Waals surface area contributed by atoms with Gasteiger partial charge in [0.15, 0.2) is 0 Å². The summed E-state index contributed by atoms with van der Waals surface area (Å²) in [4.78, 5) is 12.3. The molecule has 3 unspecified atom stereocenters. The second-order valence-electron chi connectivity index (χ2n) is 6.93. The van der Waals surface area contributed by atoms with E-state index in [1.807, 2.05) is 24.3 Å². The normalized spacial score (nSPS) is 24.6. The Morgan fingerprint density at radius 2 is 1.77 bits per heavy atom. The molecule has 1 aliphatic heterocycles. The lowest BCUT2D eigenvalue weighted by Crippen LogP contribution is -2.52. The van der Waals surface area contributed by atoms with Crippen LogP contribution in [0, 0.1) is 0 Å². The fourth-order valence-corrected chi connectivity index (χ4v) is 3.93. The summed E-state index contributed by atoms with van der Waals surface area (Å²) < 4.78 is 10.9. The van der Waals surface area contributed by atoms with Crippen LogP contribution in [0.5, 0.6) is 0 Å². The summed E-state index contributed by atoms with van der Waals surface area (Å²) in [6.07, 6.45) is -0.924.